The van der Waals surface area contributed by atoms with Crippen molar-refractivity contribution in [3.8, 4) is 5.75 Å². The van der Waals surface area contributed by atoms with Gasteiger partial charge in [-0.25, -0.2) is 4.79 Å². The van der Waals surface area contributed by atoms with Crippen LogP contribution in [-0.4, -0.2) is 57.3 Å². The summed E-state index contributed by atoms with van der Waals surface area (Å²) in [5, 5.41) is 6.57. The van der Waals surface area contributed by atoms with Gasteiger partial charge in [0, 0.05) is 56.5 Å². The highest BCUT2D eigenvalue weighted by atomic mass is 35.5. The van der Waals surface area contributed by atoms with E-state index in [0.29, 0.717) is 13.1 Å². The highest BCUT2D eigenvalue weighted by Crippen LogP contribution is 2.19. The van der Waals surface area contributed by atoms with E-state index in [4.69, 9.17) is 16.3 Å². The lowest BCUT2D eigenvalue weighted by Crippen LogP contribution is -2.49. The molecule has 28 heavy (non-hydrogen) atoms. The number of benzene rings is 2. The van der Waals surface area contributed by atoms with Crippen molar-refractivity contribution >= 4 is 23.3 Å². The van der Waals surface area contributed by atoms with Gasteiger partial charge in [-0.1, -0.05) is 23.7 Å². The van der Waals surface area contributed by atoms with Gasteiger partial charge in [0.2, 0.25) is 0 Å². The molecule has 1 saturated heterocycles. The van der Waals surface area contributed by atoms with Crippen LogP contribution >= 0.6 is 11.6 Å². The second-order valence-corrected chi connectivity index (χ2v) is 7.20. The Balaban J connectivity index is 1.30. The molecule has 6 nitrogen and oxygen atoms in total. The Bertz CT molecular complexity index is 744. The average Bonchev–Trinajstić information content (AvgIpc) is 2.74. The maximum absolute atomic E-state index is 12.0. The van der Waals surface area contributed by atoms with Crippen LogP contribution in [0.5, 0.6) is 5.75 Å². The van der Waals surface area contributed by atoms with Gasteiger partial charge in [0.05, 0.1) is 7.11 Å². The van der Waals surface area contributed by atoms with Crippen LogP contribution in [0.4, 0.5) is 10.5 Å². The molecule has 0 atom stereocenters. The summed E-state index contributed by atoms with van der Waals surface area (Å²) in [6.07, 6.45) is 0. The second kappa shape index (κ2) is 10.2. The third-order valence-corrected chi connectivity index (χ3v) is 5.14. The first-order chi connectivity index (χ1) is 13.6. The first-order valence-electron chi connectivity index (χ1n) is 9.51. The van der Waals surface area contributed by atoms with Crippen LogP contribution in [-0.2, 0) is 6.54 Å². The van der Waals surface area contributed by atoms with Crippen LogP contribution in [0.2, 0.25) is 5.02 Å². The van der Waals surface area contributed by atoms with Crippen molar-refractivity contribution in [3.63, 3.8) is 0 Å². The number of nitrogens with zero attached hydrogens (tertiary/aromatic N) is 2. The normalized spacial score (nSPS) is 14.6. The fourth-order valence-electron chi connectivity index (χ4n) is 3.20. The molecule has 2 N–H and O–H groups in total. The molecule has 2 aromatic rings. The zero-order valence-corrected chi connectivity index (χ0v) is 16.9. The maximum atomic E-state index is 12.0. The van der Waals surface area contributed by atoms with Crippen LogP contribution in [0.15, 0.2) is 48.5 Å². The number of amides is 2. The van der Waals surface area contributed by atoms with Crippen molar-refractivity contribution in [3.05, 3.63) is 59.1 Å². The summed E-state index contributed by atoms with van der Waals surface area (Å²) in [6.45, 7) is 5.90. The third kappa shape index (κ3) is 6.04. The number of halogens is 1. The fraction of sp³-hybridized carbons (Fsp3) is 0.381. The molecule has 0 unspecified atom stereocenters. The quantitative estimate of drug-likeness (QED) is 0.747. The minimum absolute atomic E-state index is 0.143. The van der Waals surface area contributed by atoms with Gasteiger partial charge in [-0.2, -0.15) is 0 Å². The number of ether oxygens (including phenoxy) is 1. The smallest absolute Gasteiger partial charge is 0.315 e. The second-order valence-electron chi connectivity index (χ2n) is 6.76. The Morgan fingerprint density at radius 1 is 1.00 bits per heavy atom. The first-order valence-corrected chi connectivity index (χ1v) is 9.89. The van der Waals surface area contributed by atoms with Gasteiger partial charge in [0.25, 0.3) is 0 Å². The third-order valence-electron chi connectivity index (χ3n) is 4.89. The molecule has 7 heteroatoms. The van der Waals surface area contributed by atoms with E-state index >= 15 is 0 Å². The standard InChI is InChI=1S/C21H27ClN4O2/c1-28-20-8-2-17(3-9-20)16-24-21(27)23-10-11-25-12-14-26(15-13-25)19-6-4-18(22)5-7-19/h2-9H,10-16H2,1H3,(H2,23,24,27). The van der Waals surface area contributed by atoms with Crippen LogP contribution in [0.1, 0.15) is 5.56 Å². The van der Waals surface area contributed by atoms with Crippen LogP contribution in [0.25, 0.3) is 0 Å². The number of carbonyl (C=O) groups is 1. The number of hydrogen-bond acceptors (Lipinski definition) is 4. The van der Waals surface area contributed by atoms with E-state index in [2.05, 4.69) is 32.6 Å². The number of urea groups is 1. The Kier molecular flexibility index (Phi) is 7.39. The summed E-state index contributed by atoms with van der Waals surface area (Å²) in [5.41, 5.74) is 2.24. The summed E-state index contributed by atoms with van der Waals surface area (Å²) in [6, 6.07) is 15.5. The monoisotopic (exact) mass is 402 g/mol. The molecular formula is C21H27ClN4O2. The largest absolute Gasteiger partial charge is 0.497 e. The summed E-state index contributed by atoms with van der Waals surface area (Å²) in [7, 11) is 1.64. The summed E-state index contributed by atoms with van der Waals surface area (Å²) >= 11 is 5.95. The van der Waals surface area contributed by atoms with Gasteiger partial charge >= 0.3 is 6.03 Å². The minimum Gasteiger partial charge on any atom is -0.497 e. The molecule has 0 spiro atoms. The lowest BCUT2D eigenvalue weighted by atomic mass is 10.2. The Morgan fingerprint density at radius 2 is 1.68 bits per heavy atom. The predicted molar refractivity (Wildman–Crippen MR) is 113 cm³/mol. The summed E-state index contributed by atoms with van der Waals surface area (Å²) in [5.74, 6) is 0.810. The van der Waals surface area contributed by atoms with E-state index < -0.39 is 0 Å². The van der Waals surface area contributed by atoms with Gasteiger partial charge in [0.15, 0.2) is 0 Å². The molecule has 1 fully saturated rings. The van der Waals surface area contributed by atoms with Crippen molar-refractivity contribution in [1.82, 2.24) is 15.5 Å². The minimum atomic E-state index is -0.143. The Hall–Kier alpha value is -2.44. The maximum Gasteiger partial charge on any atom is 0.315 e. The van der Waals surface area contributed by atoms with E-state index in [0.717, 1.165) is 49.1 Å². The van der Waals surface area contributed by atoms with E-state index in [1.165, 1.54) is 5.69 Å². The zero-order valence-electron chi connectivity index (χ0n) is 16.2. The molecule has 0 radical (unpaired) electrons. The van der Waals surface area contributed by atoms with Gasteiger partial charge < -0.3 is 20.3 Å². The number of piperazine rings is 1. The number of nitrogens with one attached hydrogen (secondary N) is 2. The van der Waals surface area contributed by atoms with Crippen LogP contribution in [0, 0.1) is 0 Å². The molecular weight excluding hydrogens is 376 g/mol. The van der Waals surface area contributed by atoms with Crippen molar-refractivity contribution < 1.29 is 9.53 Å². The zero-order chi connectivity index (χ0) is 19.8. The lowest BCUT2D eigenvalue weighted by Gasteiger charge is -2.36. The topological polar surface area (TPSA) is 56.8 Å². The fourth-order valence-corrected chi connectivity index (χ4v) is 3.32. The van der Waals surface area contributed by atoms with Gasteiger partial charge in [-0.15, -0.1) is 0 Å². The van der Waals surface area contributed by atoms with Crippen molar-refractivity contribution in [2.45, 2.75) is 6.54 Å². The van der Waals surface area contributed by atoms with Crippen LogP contribution < -0.4 is 20.3 Å². The first kappa shape index (κ1) is 20.3. The number of anilines is 1. The highest BCUT2D eigenvalue weighted by Gasteiger charge is 2.16. The number of hydrogen-bond donors (Lipinski definition) is 2. The van der Waals surface area contributed by atoms with Gasteiger partial charge in [-0.05, 0) is 42.0 Å². The Labute approximate surface area is 171 Å². The van der Waals surface area contributed by atoms with Crippen molar-refractivity contribution in [1.29, 1.82) is 0 Å². The van der Waals surface area contributed by atoms with E-state index in [9.17, 15) is 4.79 Å². The molecule has 3 rings (SSSR count). The highest BCUT2D eigenvalue weighted by molar-refractivity contribution is 6.30. The molecule has 0 bridgehead atoms. The molecule has 2 aromatic carbocycles. The molecule has 1 aliphatic heterocycles. The molecule has 2 amide bonds. The number of rotatable bonds is 7. The van der Waals surface area contributed by atoms with Crippen molar-refractivity contribution in [2.75, 3.05) is 51.3 Å². The number of methoxy groups -OCH3 is 1. The molecule has 0 saturated carbocycles. The predicted octanol–water partition coefficient (Wildman–Crippen LogP) is 2.97. The van der Waals surface area contributed by atoms with Gasteiger partial charge in [-0.3, -0.25) is 4.90 Å². The number of carbonyl (C=O) groups excluding carboxylic acids is 1. The summed E-state index contributed by atoms with van der Waals surface area (Å²) < 4.78 is 5.13. The Morgan fingerprint density at radius 3 is 2.32 bits per heavy atom. The average molecular weight is 403 g/mol. The molecule has 150 valence electrons. The van der Waals surface area contributed by atoms with E-state index in [1.54, 1.807) is 7.11 Å². The SMILES string of the molecule is COc1ccc(CNC(=O)NCCN2CCN(c3ccc(Cl)cc3)CC2)cc1. The lowest BCUT2D eigenvalue weighted by molar-refractivity contribution is 0.231. The molecule has 1 heterocycles. The molecule has 0 aromatic heterocycles. The van der Waals surface area contributed by atoms with E-state index in [-0.39, 0.29) is 6.03 Å². The summed E-state index contributed by atoms with van der Waals surface area (Å²) in [4.78, 5) is 16.7. The molecule has 1 aliphatic rings. The van der Waals surface area contributed by atoms with Crippen LogP contribution in [0.3, 0.4) is 0 Å². The molecule has 0 aliphatic carbocycles. The van der Waals surface area contributed by atoms with Gasteiger partial charge in [0.1, 0.15) is 5.75 Å². The van der Waals surface area contributed by atoms with Crippen molar-refractivity contribution in [2.24, 2.45) is 0 Å². The van der Waals surface area contributed by atoms with E-state index in [1.807, 2.05) is 36.4 Å².